The van der Waals surface area contributed by atoms with Gasteiger partial charge in [0.2, 0.25) is 0 Å². The van der Waals surface area contributed by atoms with Crippen LogP contribution in [0.2, 0.25) is 0 Å². The molecule has 1 aromatic carbocycles. The zero-order valence-electron chi connectivity index (χ0n) is 10.6. The van der Waals surface area contributed by atoms with Crippen LogP contribution >= 0.6 is 15.9 Å². The summed E-state index contributed by atoms with van der Waals surface area (Å²) in [5.74, 6) is 0.954. The third-order valence-corrected chi connectivity index (χ3v) is 5.40. The second-order valence-electron chi connectivity index (χ2n) is 5.85. The van der Waals surface area contributed by atoms with Crippen LogP contribution in [-0.2, 0) is 4.74 Å². The highest BCUT2D eigenvalue weighted by Gasteiger charge is 2.66. The van der Waals surface area contributed by atoms with Gasteiger partial charge in [-0.05, 0) is 43.9 Å². The van der Waals surface area contributed by atoms with E-state index in [9.17, 15) is 4.79 Å². The normalized spacial score (nSPS) is 26.1. The van der Waals surface area contributed by atoms with Gasteiger partial charge >= 0.3 is 0 Å². The molecule has 0 radical (unpaired) electrons. The summed E-state index contributed by atoms with van der Waals surface area (Å²) < 4.78 is 12.7. The molecule has 1 aliphatic carbocycles. The second-order valence-corrected chi connectivity index (χ2v) is 6.76. The van der Waals surface area contributed by atoms with Crippen LogP contribution in [0, 0.1) is 5.41 Å². The summed E-state index contributed by atoms with van der Waals surface area (Å²) in [5.41, 5.74) is -0.0457. The SMILES string of the molecule is O=C1c2cc(Br)ccc2OC2(CCCC2)C12COC2. The summed E-state index contributed by atoms with van der Waals surface area (Å²) in [6.45, 7) is 1.02. The fraction of sp³-hybridized carbons (Fsp3) is 0.533. The summed E-state index contributed by atoms with van der Waals surface area (Å²) in [5, 5.41) is 0. The van der Waals surface area contributed by atoms with E-state index in [0.29, 0.717) is 18.8 Å². The van der Waals surface area contributed by atoms with Gasteiger partial charge in [0.05, 0.1) is 18.8 Å². The number of carbonyl (C=O) groups is 1. The molecule has 3 nitrogen and oxygen atoms in total. The van der Waals surface area contributed by atoms with Gasteiger partial charge < -0.3 is 9.47 Å². The van der Waals surface area contributed by atoms with Crippen LogP contribution < -0.4 is 4.74 Å². The average Bonchev–Trinajstić information content (AvgIpc) is 2.78. The van der Waals surface area contributed by atoms with E-state index >= 15 is 0 Å². The summed E-state index contributed by atoms with van der Waals surface area (Å²) in [6, 6.07) is 5.72. The standard InChI is InChI=1S/C15H15BrO3/c16-10-3-4-12-11(7-10)13(17)14(8-18-9-14)15(19-12)5-1-2-6-15/h3-4,7H,1-2,5-6,8-9H2. The molecule has 1 saturated carbocycles. The van der Waals surface area contributed by atoms with Crippen molar-refractivity contribution in [3.63, 3.8) is 0 Å². The highest BCUT2D eigenvalue weighted by Crippen LogP contribution is 2.56. The number of hydrogen-bond acceptors (Lipinski definition) is 3. The van der Waals surface area contributed by atoms with Crippen molar-refractivity contribution >= 4 is 21.7 Å². The monoisotopic (exact) mass is 322 g/mol. The van der Waals surface area contributed by atoms with Crippen molar-refractivity contribution in [1.29, 1.82) is 0 Å². The van der Waals surface area contributed by atoms with E-state index in [1.165, 1.54) is 0 Å². The first-order chi connectivity index (χ1) is 9.17. The number of ether oxygens (including phenoxy) is 2. The predicted molar refractivity (Wildman–Crippen MR) is 73.6 cm³/mol. The van der Waals surface area contributed by atoms with Crippen molar-refractivity contribution in [2.75, 3.05) is 13.2 Å². The van der Waals surface area contributed by atoms with Crippen LogP contribution in [0.25, 0.3) is 0 Å². The molecule has 0 atom stereocenters. The molecule has 1 aromatic rings. The highest BCUT2D eigenvalue weighted by molar-refractivity contribution is 9.10. The fourth-order valence-corrected chi connectivity index (χ4v) is 4.13. The molecule has 4 rings (SSSR count). The Labute approximate surface area is 120 Å². The Hall–Kier alpha value is -0.870. The molecular formula is C15H15BrO3. The summed E-state index contributed by atoms with van der Waals surface area (Å²) in [7, 11) is 0. The number of rotatable bonds is 0. The third-order valence-electron chi connectivity index (χ3n) is 4.91. The number of ketones is 1. The van der Waals surface area contributed by atoms with E-state index in [1.807, 2.05) is 18.2 Å². The van der Waals surface area contributed by atoms with Crippen LogP contribution in [0.3, 0.4) is 0 Å². The first-order valence-corrected chi connectivity index (χ1v) is 7.57. The molecule has 4 heteroatoms. The molecule has 0 aromatic heterocycles. The van der Waals surface area contributed by atoms with Crippen LogP contribution in [0.1, 0.15) is 36.0 Å². The molecular weight excluding hydrogens is 308 g/mol. The van der Waals surface area contributed by atoms with Gasteiger partial charge in [-0.1, -0.05) is 15.9 Å². The minimum Gasteiger partial charge on any atom is -0.485 e. The first-order valence-electron chi connectivity index (χ1n) is 6.78. The lowest BCUT2D eigenvalue weighted by atomic mass is 9.63. The van der Waals surface area contributed by atoms with E-state index in [-0.39, 0.29) is 11.4 Å². The zero-order valence-corrected chi connectivity index (χ0v) is 12.2. The topological polar surface area (TPSA) is 35.5 Å². The molecule has 1 saturated heterocycles. The molecule has 19 heavy (non-hydrogen) atoms. The highest BCUT2D eigenvalue weighted by atomic mass is 79.9. The van der Waals surface area contributed by atoms with Crippen LogP contribution in [0.5, 0.6) is 5.75 Å². The van der Waals surface area contributed by atoms with Crippen molar-refractivity contribution in [2.24, 2.45) is 5.41 Å². The molecule has 2 spiro atoms. The largest absolute Gasteiger partial charge is 0.485 e. The number of hydrogen-bond donors (Lipinski definition) is 0. The van der Waals surface area contributed by atoms with Gasteiger partial charge in [-0.2, -0.15) is 0 Å². The Morgan fingerprint density at radius 3 is 2.53 bits per heavy atom. The maximum absolute atomic E-state index is 13.0. The minimum absolute atomic E-state index is 0.211. The lowest BCUT2D eigenvalue weighted by Gasteiger charge is -2.54. The molecule has 0 amide bonds. The van der Waals surface area contributed by atoms with Crippen molar-refractivity contribution in [2.45, 2.75) is 31.3 Å². The molecule has 2 aliphatic heterocycles. The Morgan fingerprint density at radius 2 is 1.89 bits per heavy atom. The number of halogens is 1. The molecule has 2 fully saturated rings. The predicted octanol–water partition coefficient (Wildman–Crippen LogP) is 3.35. The van der Waals surface area contributed by atoms with E-state index in [2.05, 4.69) is 15.9 Å². The van der Waals surface area contributed by atoms with E-state index in [0.717, 1.165) is 35.9 Å². The van der Waals surface area contributed by atoms with Crippen molar-refractivity contribution in [3.8, 4) is 5.75 Å². The smallest absolute Gasteiger partial charge is 0.181 e. The van der Waals surface area contributed by atoms with Gasteiger partial charge in [0.1, 0.15) is 16.8 Å². The van der Waals surface area contributed by atoms with Gasteiger partial charge in [-0.25, -0.2) is 0 Å². The number of carbonyl (C=O) groups excluding carboxylic acids is 1. The summed E-state index contributed by atoms with van der Waals surface area (Å²) in [6.07, 6.45) is 4.22. The Balaban J connectivity index is 1.89. The van der Waals surface area contributed by atoms with Gasteiger partial charge in [0, 0.05) is 4.47 Å². The molecule has 3 aliphatic rings. The van der Waals surface area contributed by atoms with Gasteiger partial charge in [-0.15, -0.1) is 0 Å². The van der Waals surface area contributed by atoms with Crippen molar-refractivity contribution in [1.82, 2.24) is 0 Å². The van der Waals surface area contributed by atoms with E-state index in [1.54, 1.807) is 0 Å². The van der Waals surface area contributed by atoms with Crippen molar-refractivity contribution in [3.05, 3.63) is 28.2 Å². The third kappa shape index (κ3) is 1.39. The van der Waals surface area contributed by atoms with Crippen LogP contribution in [0.4, 0.5) is 0 Å². The fourth-order valence-electron chi connectivity index (χ4n) is 3.77. The molecule has 2 heterocycles. The lowest BCUT2D eigenvalue weighted by molar-refractivity contribution is -0.184. The average molecular weight is 323 g/mol. The maximum atomic E-state index is 13.0. The Morgan fingerprint density at radius 1 is 1.16 bits per heavy atom. The number of fused-ring (bicyclic) bond motifs is 2. The van der Waals surface area contributed by atoms with Crippen molar-refractivity contribution < 1.29 is 14.3 Å². The number of benzene rings is 1. The quantitative estimate of drug-likeness (QED) is 0.734. The molecule has 100 valence electrons. The minimum atomic E-state index is -0.433. The van der Waals surface area contributed by atoms with Gasteiger partial charge in [0.15, 0.2) is 5.78 Å². The van der Waals surface area contributed by atoms with Gasteiger partial charge in [0.25, 0.3) is 0 Å². The van der Waals surface area contributed by atoms with E-state index in [4.69, 9.17) is 9.47 Å². The summed E-state index contributed by atoms with van der Waals surface area (Å²) >= 11 is 3.43. The number of Topliss-reactive ketones (excluding diaryl/α,β-unsaturated/α-hetero) is 1. The van der Waals surface area contributed by atoms with Crippen LogP contribution in [0.15, 0.2) is 22.7 Å². The first kappa shape index (κ1) is 11.9. The van der Waals surface area contributed by atoms with Gasteiger partial charge in [-0.3, -0.25) is 4.79 Å². The molecule has 0 N–H and O–H groups in total. The Bertz CT molecular complexity index is 557. The molecule has 0 unspecified atom stereocenters. The Kier molecular flexibility index (Phi) is 2.40. The van der Waals surface area contributed by atoms with E-state index < -0.39 is 5.41 Å². The maximum Gasteiger partial charge on any atom is 0.181 e. The lowest BCUT2D eigenvalue weighted by Crippen LogP contribution is -2.67. The summed E-state index contributed by atoms with van der Waals surface area (Å²) in [4.78, 5) is 13.0. The molecule has 0 bridgehead atoms. The second kappa shape index (κ2) is 3.83. The van der Waals surface area contributed by atoms with Crippen LogP contribution in [-0.4, -0.2) is 24.6 Å². The zero-order chi connectivity index (χ0) is 13.1.